The molecule has 32 heavy (non-hydrogen) atoms. The second-order valence-electron chi connectivity index (χ2n) is 8.37. The van der Waals surface area contributed by atoms with Gasteiger partial charge in [-0.05, 0) is 75.2 Å². The number of benzene rings is 1. The van der Waals surface area contributed by atoms with Crippen LogP contribution in [0.4, 0.5) is 4.39 Å². The molecule has 2 amide bonds. The van der Waals surface area contributed by atoms with Crippen LogP contribution >= 0.6 is 0 Å². The van der Waals surface area contributed by atoms with Gasteiger partial charge in [0, 0.05) is 36.8 Å². The average molecular weight is 439 g/mol. The summed E-state index contributed by atoms with van der Waals surface area (Å²) in [6, 6.07) is 8.93. The van der Waals surface area contributed by atoms with Gasteiger partial charge in [-0.2, -0.15) is 0 Å². The molecule has 0 spiro atoms. The Labute approximate surface area is 186 Å². The summed E-state index contributed by atoms with van der Waals surface area (Å²) < 4.78 is 13.1. The zero-order chi connectivity index (χ0) is 22.5. The Morgan fingerprint density at radius 2 is 1.59 bits per heavy atom. The summed E-state index contributed by atoms with van der Waals surface area (Å²) in [5.41, 5.74) is 1.22. The van der Waals surface area contributed by atoms with Gasteiger partial charge in [-0.3, -0.25) is 19.4 Å². The largest absolute Gasteiger partial charge is 0.348 e. The highest BCUT2D eigenvalue weighted by atomic mass is 19.1. The number of carbonyl (C=O) groups is 3. The lowest BCUT2D eigenvalue weighted by atomic mass is 9.88. The minimum atomic E-state index is -0.370. The predicted molar refractivity (Wildman–Crippen MR) is 117 cm³/mol. The molecule has 0 unspecified atom stereocenters. The number of amides is 2. The number of hydrogen-bond donors (Lipinski definition) is 2. The Balaban J connectivity index is 1.30. The molecule has 1 aromatic carbocycles. The number of hydrogen-bond acceptors (Lipinski definition) is 5. The van der Waals surface area contributed by atoms with Crippen molar-refractivity contribution in [1.82, 2.24) is 20.5 Å². The summed E-state index contributed by atoms with van der Waals surface area (Å²) in [5.74, 6) is -0.941. The fourth-order valence-electron chi connectivity index (χ4n) is 4.26. The highest BCUT2D eigenvalue weighted by molar-refractivity contribution is 5.99. The summed E-state index contributed by atoms with van der Waals surface area (Å²) in [6.07, 6.45) is 4.34. The maximum Gasteiger partial charge on any atom is 0.270 e. The van der Waals surface area contributed by atoms with Crippen molar-refractivity contribution in [1.29, 1.82) is 0 Å². The number of Topliss-reactive ketones (excluding diaryl/α,β-unsaturated/α-hetero) is 1. The SMILES string of the molecule is O=C(NC1CCNCC1)c1ccc(C(=O)N2CCC(C(=O)c3ccc(F)cc3)CC2)cn1. The van der Waals surface area contributed by atoms with E-state index in [9.17, 15) is 18.8 Å². The van der Waals surface area contributed by atoms with E-state index in [0.717, 1.165) is 25.9 Å². The molecule has 3 heterocycles. The smallest absolute Gasteiger partial charge is 0.270 e. The normalized spacial score (nSPS) is 17.7. The molecule has 2 aliphatic rings. The van der Waals surface area contributed by atoms with Crippen molar-refractivity contribution in [2.75, 3.05) is 26.2 Å². The standard InChI is InChI=1S/C24H27FN4O3/c25-19-4-1-16(2-5-19)22(30)17-9-13-29(14-10-17)24(32)18-3-6-21(27-15-18)23(31)28-20-7-11-26-12-8-20/h1-6,15,17,20,26H,7-14H2,(H,28,31). The van der Waals surface area contributed by atoms with Crippen molar-refractivity contribution in [3.63, 3.8) is 0 Å². The molecule has 1 aromatic heterocycles. The van der Waals surface area contributed by atoms with Crippen molar-refractivity contribution in [2.24, 2.45) is 5.92 Å². The highest BCUT2D eigenvalue weighted by Gasteiger charge is 2.28. The maximum absolute atomic E-state index is 13.1. The molecular formula is C24H27FN4O3. The minimum absolute atomic E-state index is 0.0112. The van der Waals surface area contributed by atoms with Gasteiger partial charge in [-0.25, -0.2) is 4.39 Å². The van der Waals surface area contributed by atoms with Crippen molar-refractivity contribution < 1.29 is 18.8 Å². The molecule has 0 saturated carbocycles. The Hall–Kier alpha value is -3.13. The molecule has 0 bridgehead atoms. The number of nitrogens with one attached hydrogen (secondary N) is 2. The lowest BCUT2D eigenvalue weighted by Crippen LogP contribution is -2.43. The Morgan fingerprint density at radius 3 is 2.22 bits per heavy atom. The summed E-state index contributed by atoms with van der Waals surface area (Å²) in [7, 11) is 0. The first-order chi connectivity index (χ1) is 15.5. The number of likely N-dealkylation sites (tertiary alicyclic amines) is 1. The molecule has 0 radical (unpaired) electrons. The van der Waals surface area contributed by atoms with E-state index in [1.54, 1.807) is 17.0 Å². The number of ketones is 1. The van der Waals surface area contributed by atoms with Gasteiger partial charge in [0.2, 0.25) is 0 Å². The fourth-order valence-corrected chi connectivity index (χ4v) is 4.26. The van der Waals surface area contributed by atoms with Crippen LogP contribution in [-0.2, 0) is 0 Å². The maximum atomic E-state index is 13.1. The molecule has 8 heteroatoms. The van der Waals surface area contributed by atoms with E-state index in [1.807, 2.05) is 0 Å². The molecule has 0 aliphatic carbocycles. The van der Waals surface area contributed by atoms with E-state index in [2.05, 4.69) is 15.6 Å². The van der Waals surface area contributed by atoms with Crippen LogP contribution in [0.2, 0.25) is 0 Å². The van der Waals surface area contributed by atoms with E-state index < -0.39 is 0 Å². The van der Waals surface area contributed by atoms with Crippen molar-refractivity contribution in [2.45, 2.75) is 31.7 Å². The van der Waals surface area contributed by atoms with Crippen LogP contribution in [0.25, 0.3) is 0 Å². The summed E-state index contributed by atoms with van der Waals surface area (Å²) >= 11 is 0. The lowest BCUT2D eigenvalue weighted by Gasteiger charge is -2.31. The van der Waals surface area contributed by atoms with Crippen LogP contribution < -0.4 is 10.6 Å². The first-order valence-corrected chi connectivity index (χ1v) is 11.1. The zero-order valence-corrected chi connectivity index (χ0v) is 17.9. The van der Waals surface area contributed by atoms with Gasteiger partial charge < -0.3 is 15.5 Å². The number of halogens is 1. The molecule has 2 fully saturated rings. The number of rotatable bonds is 5. The average Bonchev–Trinajstić information content (AvgIpc) is 2.84. The second kappa shape index (κ2) is 9.99. The third-order valence-electron chi connectivity index (χ3n) is 6.20. The zero-order valence-electron chi connectivity index (χ0n) is 17.9. The summed E-state index contributed by atoms with van der Waals surface area (Å²) in [4.78, 5) is 43.7. The molecular weight excluding hydrogens is 411 g/mol. The van der Waals surface area contributed by atoms with E-state index in [4.69, 9.17) is 0 Å². The van der Waals surface area contributed by atoms with E-state index >= 15 is 0 Å². The van der Waals surface area contributed by atoms with Gasteiger partial charge in [0.05, 0.1) is 5.56 Å². The van der Waals surface area contributed by atoms with Crippen LogP contribution in [0.1, 0.15) is 56.9 Å². The Kier molecular flexibility index (Phi) is 6.90. The number of pyridine rings is 1. The number of nitrogens with zero attached hydrogens (tertiary/aromatic N) is 2. The minimum Gasteiger partial charge on any atom is -0.348 e. The first kappa shape index (κ1) is 22.1. The molecule has 168 valence electrons. The van der Waals surface area contributed by atoms with Gasteiger partial charge in [0.1, 0.15) is 11.5 Å². The second-order valence-corrected chi connectivity index (χ2v) is 8.37. The first-order valence-electron chi connectivity index (χ1n) is 11.1. The van der Waals surface area contributed by atoms with Gasteiger partial charge in [-0.1, -0.05) is 0 Å². The fraction of sp³-hybridized carbons (Fsp3) is 0.417. The predicted octanol–water partition coefficient (Wildman–Crippen LogP) is 2.44. The van der Waals surface area contributed by atoms with Crippen molar-refractivity contribution in [3.8, 4) is 0 Å². The molecule has 2 N–H and O–H groups in total. The van der Waals surface area contributed by atoms with Gasteiger partial charge in [0.25, 0.3) is 11.8 Å². The van der Waals surface area contributed by atoms with Crippen molar-refractivity contribution in [3.05, 3.63) is 65.2 Å². The lowest BCUT2D eigenvalue weighted by molar-refractivity contribution is 0.0649. The monoisotopic (exact) mass is 438 g/mol. The van der Waals surface area contributed by atoms with Crippen LogP contribution in [-0.4, -0.2) is 59.7 Å². The van der Waals surface area contributed by atoms with E-state index in [1.165, 1.54) is 30.5 Å². The topological polar surface area (TPSA) is 91.4 Å². The van der Waals surface area contributed by atoms with Gasteiger partial charge in [-0.15, -0.1) is 0 Å². The van der Waals surface area contributed by atoms with Gasteiger partial charge >= 0.3 is 0 Å². The van der Waals surface area contributed by atoms with Gasteiger partial charge in [0.15, 0.2) is 5.78 Å². The Bertz CT molecular complexity index is 964. The molecule has 0 atom stereocenters. The third-order valence-corrected chi connectivity index (χ3v) is 6.20. The van der Waals surface area contributed by atoms with E-state index in [-0.39, 0.29) is 35.4 Å². The van der Waals surface area contributed by atoms with Crippen molar-refractivity contribution >= 4 is 17.6 Å². The quantitative estimate of drug-likeness (QED) is 0.700. The number of aromatic nitrogens is 1. The van der Waals surface area contributed by atoms with Crippen LogP contribution in [0.5, 0.6) is 0 Å². The summed E-state index contributed by atoms with van der Waals surface area (Å²) in [6.45, 7) is 2.71. The summed E-state index contributed by atoms with van der Waals surface area (Å²) in [5, 5.41) is 6.25. The molecule has 4 rings (SSSR count). The molecule has 2 saturated heterocycles. The van der Waals surface area contributed by atoms with E-state index in [0.29, 0.717) is 42.8 Å². The van der Waals surface area contributed by atoms with Crippen LogP contribution in [0.15, 0.2) is 42.6 Å². The third kappa shape index (κ3) is 5.19. The number of carbonyl (C=O) groups excluding carboxylic acids is 3. The van der Waals surface area contributed by atoms with Crippen LogP contribution in [0.3, 0.4) is 0 Å². The highest BCUT2D eigenvalue weighted by Crippen LogP contribution is 2.23. The molecule has 2 aliphatic heterocycles. The number of piperidine rings is 2. The molecule has 7 nitrogen and oxygen atoms in total. The molecule has 2 aromatic rings. The van der Waals surface area contributed by atoms with Crippen LogP contribution in [0, 0.1) is 11.7 Å². The Morgan fingerprint density at radius 1 is 0.938 bits per heavy atom.